The largest absolute Gasteiger partial charge is 0.467 e. The molecule has 0 radical (unpaired) electrons. The summed E-state index contributed by atoms with van der Waals surface area (Å²) in [6.45, 7) is 0. The van der Waals surface area contributed by atoms with E-state index in [9.17, 15) is 20.0 Å². The Hall–Kier alpha value is -2.02. The number of nitrogens with zero attached hydrogens (tertiary/aromatic N) is 2. The Kier molecular flexibility index (Phi) is 3.90. The van der Waals surface area contributed by atoms with E-state index < -0.39 is 17.0 Å². The van der Waals surface area contributed by atoms with Gasteiger partial charge in [-0.1, -0.05) is 0 Å². The third-order valence-electron chi connectivity index (χ3n) is 1.90. The minimum absolute atomic E-state index is 0.0370. The molecule has 0 aliphatic rings. The third kappa shape index (κ3) is 2.99. The average Bonchev–Trinajstić information content (AvgIpc) is 2.28. The molecule has 0 amide bonds. The molecule has 1 aromatic heterocycles. The molecular weight excluding hydrogens is 216 g/mol. The molecule has 0 aromatic carbocycles. The number of esters is 1. The van der Waals surface area contributed by atoms with Gasteiger partial charge in [0, 0.05) is 18.2 Å². The van der Waals surface area contributed by atoms with Crippen LogP contribution in [0.2, 0.25) is 0 Å². The maximum atomic E-state index is 10.9. The lowest BCUT2D eigenvalue weighted by molar-refractivity contribution is -0.385. The fourth-order valence-electron chi connectivity index (χ4n) is 1.06. The van der Waals surface area contributed by atoms with E-state index in [2.05, 4.69) is 9.72 Å². The van der Waals surface area contributed by atoms with Crippen LogP contribution < -0.4 is 0 Å². The van der Waals surface area contributed by atoms with Gasteiger partial charge in [0.25, 0.3) is 5.69 Å². The van der Waals surface area contributed by atoms with Crippen LogP contribution in [0.25, 0.3) is 0 Å². The molecule has 0 aliphatic heterocycles. The second-order valence-corrected chi connectivity index (χ2v) is 3.01. The first-order chi connectivity index (χ1) is 7.54. The van der Waals surface area contributed by atoms with Crippen LogP contribution in [0.3, 0.4) is 0 Å². The highest BCUT2D eigenvalue weighted by Gasteiger charge is 2.17. The smallest absolute Gasteiger partial charge is 0.335 e. The number of nitro groups is 1. The summed E-state index contributed by atoms with van der Waals surface area (Å²) in [4.78, 5) is 24.4. The monoisotopic (exact) mass is 226 g/mol. The number of ether oxygens (including phenoxy) is 1. The Labute approximate surface area is 90.8 Å². The lowest BCUT2D eigenvalue weighted by Gasteiger charge is -2.06. The summed E-state index contributed by atoms with van der Waals surface area (Å²) in [5.74, 6) is -0.764. The zero-order valence-corrected chi connectivity index (χ0v) is 8.49. The van der Waals surface area contributed by atoms with Gasteiger partial charge in [-0.3, -0.25) is 15.1 Å². The van der Waals surface area contributed by atoms with Crippen molar-refractivity contribution < 1.29 is 19.6 Å². The summed E-state index contributed by atoms with van der Waals surface area (Å²) >= 11 is 0. The van der Waals surface area contributed by atoms with Crippen molar-refractivity contribution in [1.82, 2.24) is 4.98 Å². The minimum atomic E-state index is -1.31. The zero-order chi connectivity index (χ0) is 12.1. The Morgan fingerprint density at radius 1 is 1.69 bits per heavy atom. The van der Waals surface area contributed by atoms with Crippen LogP contribution in [0.1, 0.15) is 5.69 Å². The van der Waals surface area contributed by atoms with Crippen LogP contribution in [0.15, 0.2) is 18.3 Å². The topological polar surface area (TPSA) is 103 Å². The first-order valence-corrected chi connectivity index (χ1v) is 4.40. The molecule has 0 saturated heterocycles. The van der Waals surface area contributed by atoms with E-state index in [0.717, 1.165) is 13.3 Å². The Bertz CT molecular complexity index is 389. The van der Waals surface area contributed by atoms with Gasteiger partial charge >= 0.3 is 5.97 Å². The van der Waals surface area contributed by atoms with Crippen LogP contribution in [-0.4, -0.2) is 34.2 Å². The molecule has 0 saturated carbocycles. The van der Waals surface area contributed by atoms with Gasteiger partial charge in [0.1, 0.15) is 6.20 Å². The van der Waals surface area contributed by atoms with E-state index in [1.807, 2.05) is 0 Å². The number of hydrogen-bond acceptors (Lipinski definition) is 6. The first-order valence-electron chi connectivity index (χ1n) is 4.40. The van der Waals surface area contributed by atoms with Gasteiger partial charge in [-0.25, -0.2) is 4.79 Å². The molecule has 1 unspecified atom stereocenters. The van der Waals surface area contributed by atoms with Crippen LogP contribution in [0, 0.1) is 10.1 Å². The highest BCUT2D eigenvalue weighted by molar-refractivity contribution is 5.74. The first kappa shape index (κ1) is 12.1. The van der Waals surface area contributed by atoms with Crippen LogP contribution in [-0.2, 0) is 16.0 Å². The average molecular weight is 226 g/mol. The predicted octanol–water partition coefficient (Wildman–Crippen LogP) is 0.0662. The molecule has 7 nitrogen and oxygen atoms in total. The lowest BCUT2D eigenvalue weighted by Crippen LogP contribution is -2.24. The molecule has 1 heterocycles. The molecule has 0 spiro atoms. The standard InChI is InChI=1S/C9H10N2O5/c1-16-9(13)8(12)4-6-2-3-7(5-10-6)11(14)15/h2-3,5,8,12H,4H2,1H3. The van der Waals surface area contributed by atoms with Crippen molar-refractivity contribution >= 4 is 11.7 Å². The molecule has 0 fully saturated rings. The SMILES string of the molecule is COC(=O)C(O)Cc1ccc([N+](=O)[O-])cn1. The number of aliphatic hydroxyl groups is 1. The summed E-state index contributed by atoms with van der Waals surface area (Å²) in [7, 11) is 1.16. The molecule has 1 atom stereocenters. The molecule has 1 rings (SSSR count). The molecule has 7 heteroatoms. The van der Waals surface area contributed by atoms with E-state index in [-0.39, 0.29) is 12.1 Å². The summed E-state index contributed by atoms with van der Waals surface area (Å²) in [5.41, 5.74) is 0.236. The number of hydrogen-bond donors (Lipinski definition) is 1. The fourth-order valence-corrected chi connectivity index (χ4v) is 1.06. The molecular formula is C9H10N2O5. The maximum absolute atomic E-state index is 10.9. The van der Waals surface area contributed by atoms with Crippen LogP contribution in [0.4, 0.5) is 5.69 Å². The Balaban J connectivity index is 2.68. The van der Waals surface area contributed by atoms with Gasteiger partial charge < -0.3 is 9.84 Å². The number of carbonyl (C=O) groups excluding carboxylic acids is 1. The Morgan fingerprint density at radius 3 is 2.81 bits per heavy atom. The van der Waals surface area contributed by atoms with Gasteiger partial charge in [-0.2, -0.15) is 0 Å². The van der Waals surface area contributed by atoms with Crippen molar-refractivity contribution in [3.05, 3.63) is 34.1 Å². The Morgan fingerprint density at radius 2 is 2.38 bits per heavy atom. The van der Waals surface area contributed by atoms with Crippen molar-refractivity contribution in [3.8, 4) is 0 Å². The zero-order valence-electron chi connectivity index (χ0n) is 8.49. The van der Waals surface area contributed by atoms with Crippen molar-refractivity contribution in [1.29, 1.82) is 0 Å². The summed E-state index contributed by atoms with van der Waals surface area (Å²) in [5, 5.41) is 19.6. The molecule has 1 aromatic rings. The lowest BCUT2D eigenvalue weighted by atomic mass is 10.2. The third-order valence-corrected chi connectivity index (χ3v) is 1.90. The molecule has 16 heavy (non-hydrogen) atoms. The van der Waals surface area contributed by atoms with Gasteiger partial charge in [0.05, 0.1) is 12.0 Å². The quantitative estimate of drug-likeness (QED) is 0.442. The van der Waals surface area contributed by atoms with Gasteiger partial charge in [0.2, 0.25) is 0 Å². The van der Waals surface area contributed by atoms with Gasteiger partial charge in [-0.05, 0) is 6.07 Å². The second kappa shape index (κ2) is 5.17. The summed E-state index contributed by atoms with van der Waals surface area (Å²) < 4.78 is 4.32. The van der Waals surface area contributed by atoms with Gasteiger partial charge in [0.15, 0.2) is 6.10 Å². The van der Waals surface area contributed by atoms with E-state index >= 15 is 0 Å². The number of rotatable bonds is 4. The number of aromatic nitrogens is 1. The number of aliphatic hydroxyl groups excluding tert-OH is 1. The van der Waals surface area contributed by atoms with E-state index in [0.29, 0.717) is 5.69 Å². The summed E-state index contributed by atoms with van der Waals surface area (Å²) in [6.07, 6.45) is -0.275. The molecule has 1 N–H and O–H groups in total. The van der Waals surface area contributed by atoms with Gasteiger partial charge in [-0.15, -0.1) is 0 Å². The number of methoxy groups -OCH3 is 1. The van der Waals surface area contributed by atoms with E-state index in [1.165, 1.54) is 12.1 Å². The molecule has 0 bridgehead atoms. The highest BCUT2D eigenvalue weighted by atomic mass is 16.6. The summed E-state index contributed by atoms with van der Waals surface area (Å²) in [6, 6.07) is 2.64. The second-order valence-electron chi connectivity index (χ2n) is 3.01. The van der Waals surface area contributed by atoms with E-state index in [4.69, 9.17) is 0 Å². The predicted molar refractivity (Wildman–Crippen MR) is 52.6 cm³/mol. The highest BCUT2D eigenvalue weighted by Crippen LogP contribution is 2.10. The van der Waals surface area contributed by atoms with Crippen molar-refractivity contribution in [3.63, 3.8) is 0 Å². The van der Waals surface area contributed by atoms with Crippen LogP contribution >= 0.6 is 0 Å². The number of carbonyl (C=O) groups is 1. The molecule has 86 valence electrons. The van der Waals surface area contributed by atoms with Crippen LogP contribution in [0.5, 0.6) is 0 Å². The van der Waals surface area contributed by atoms with Crippen molar-refractivity contribution in [2.45, 2.75) is 12.5 Å². The normalized spacial score (nSPS) is 11.9. The van der Waals surface area contributed by atoms with E-state index in [1.54, 1.807) is 0 Å². The van der Waals surface area contributed by atoms with Crippen molar-refractivity contribution in [2.75, 3.05) is 7.11 Å². The fraction of sp³-hybridized carbons (Fsp3) is 0.333. The number of pyridine rings is 1. The maximum Gasteiger partial charge on any atom is 0.335 e. The molecule has 0 aliphatic carbocycles. The van der Waals surface area contributed by atoms with Crippen molar-refractivity contribution in [2.24, 2.45) is 0 Å². The minimum Gasteiger partial charge on any atom is -0.467 e.